The fraction of sp³-hybridized carbons (Fsp3) is 0.154. The highest BCUT2D eigenvalue weighted by atomic mass is 35.5. The maximum atomic E-state index is 13.9. The zero-order chi connectivity index (χ0) is 15.2. The van der Waals surface area contributed by atoms with E-state index < -0.39 is 22.9 Å². The lowest BCUT2D eigenvalue weighted by Gasteiger charge is -2.16. The Morgan fingerprint density at radius 1 is 1.15 bits per heavy atom. The lowest BCUT2D eigenvalue weighted by Crippen LogP contribution is -2.32. The van der Waals surface area contributed by atoms with Crippen LogP contribution in [-0.4, -0.2) is 17.1 Å². The van der Waals surface area contributed by atoms with Crippen LogP contribution >= 0.6 is 23.2 Å². The van der Waals surface area contributed by atoms with Gasteiger partial charge in [0, 0.05) is 11.1 Å². The van der Waals surface area contributed by atoms with E-state index >= 15 is 0 Å². The molecular weight excluding hydrogens is 308 g/mol. The first-order valence-electron chi connectivity index (χ1n) is 5.50. The summed E-state index contributed by atoms with van der Waals surface area (Å²) in [6, 6.07) is 1.84. The summed E-state index contributed by atoms with van der Waals surface area (Å²) in [5.41, 5.74) is -0.0664. The predicted molar refractivity (Wildman–Crippen MR) is 72.5 cm³/mol. The van der Waals surface area contributed by atoms with Gasteiger partial charge in [-0.3, -0.25) is 14.4 Å². The molecule has 0 radical (unpaired) electrons. The summed E-state index contributed by atoms with van der Waals surface area (Å²) in [6.07, 6.45) is 0. The number of imide groups is 1. The second-order valence-electron chi connectivity index (χ2n) is 4.25. The number of hydrogen-bond acceptors (Lipinski definition) is 3. The average Bonchev–Trinajstić information content (AvgIpc) is 2.55. The largest absolute Gasteiger partial charge is 0.276 e. The van der Waals surface area contributed by atoms with Crippen LogP contribution in [0.3, 0.4) is 0 Å². The van der Waals surface area contributed by atoms with Gasteiger partial charge in [-0.2, -0.15) is 0 Å². The molecule has 7 heteroatoms. The fourth-order valence-electron chi connectivity index (χ4n) is 1.83. The highest BCUT2D eigenvalue weighted by Gasteiger charge is 2.36. The van der Waals surface area contributed by atoms with Crippen molar-refractivity contribution in [2.75, 3.05) is 4.90 Å². The van der Waals surface area contributed by atoms with Gasteiger partial charge in [-0.05, 0) is 37.6 Å². The third-order valence-corrected chi connectivity index (χ3v) is 3.62. The normalized spacial score (nSPS) is 15.3. The summed E-state index contributed by atoms with van der Waals surface area (Å²) >= 11 is 11.0. The molecule has 0 aliphatic carbocycles. The summed E-state index contributed by atoms with van der Waals surface area (Å²) < 4.78 is 13.9. The minimum Gasteiger partial charge on any atom is -0.276 e. The summed E-state index contributed by atoms with van der Waals surface area (Å²) in [5, 5.41) is -1.09. The average molecular weight is 316 g/mol. The number of hydrogen-bond donors (Lipinski definition) is 0. The molecule has 1 aliphatic rings. The van der Waals surface area contributed by atoms with Gasteiger partial charge < -0.3 is 0 Å². The Balaban J connectivity index is 2.61. The van der Waals surface area contributed by atoms with Crippen molar-refractivity contribution >= 4 is 45.9 Å². The quantitative estimate of drug-likeness (QED) is 0.622. The SMILES string of the molecule is CC1=C(C)C(=O)N(c2cc(C(=O)Cl)c(Cl)cc2F)C1=O. The molecule has 0 saturated heterocycles. The predicted octanol–water partition coefficient (Wildman–Crippen LogP) is 3.07. The standard InChI is InChI=1S/C13H8Cl2FNO3/c1-5-6(2)13(20)17(12(5)19)10-3-7(11(15)18)8(14)4-9(10)16/h3-4H,1-2H3. The molecule has 104 valence electrons. The van der Waals surface area contributed by atoms with Gasteiger partial charge in [-0.15, -0.1) is 0 Å². The molecule has 1 heterocycles. The molecule has 2 amide bonds. The van der Waals surface area contributed by atoms with Crippen molar-refractivity contribution < 1.29 is 18.8 Å². The van der Waals surface area contributed by atoms with Gasteiger partial charge >= 0.3 is 0 Å². The number of carbonyl (C=O) groups is 3. The van der Waals surface area contributed by atoms with Crippen LogP contribution < -0.4 is 4.90 Å². The minimum absolute atomic E-state index is 0.174. The Morgan fingerprint density at radius 3 is 2.10 bits per heavy atom. The number of rotatable bonds is 2. The number of amides is 2. The van der Waals surface area contributed by atoms with Gasteiger partial charge in [0.25, 0.3) is 17.1 Å². The van der Waals surface area contributed by atoms with E-state index in [-0.39, 0.29) is 27.4 Å². The third-order valence-electron chi connectivity index (χ3n) is 3.10. The van der Waals surface area contributed by atoms with Gasteiger partial charge in [0.05, 0.1) is 16.3 Å². The second-order valence-corrected chi connectivity index (χ2v) is 5.00. The van der Waals surface area contributed by atoms with Gasteiger partial charge in [0.15, 0.2) is 0 Å². The van der Waals surface area contributed by atoms with E-state index in [1.165, 1.54) is 13.8 Å². The third kappa shape index (κ3) is 2.13. The fourth-order valence-corrected chi connectivity index (χ4v) is 2.27. The zero-order valence-corrected chi connectivity index (χ0v) is 12.0. The van der Waals surface area contributed by atoms with Crippen LogP contribution in [0.1, 0.15) is 24.2 Å². The second kappa shape index (κ2) is 5.00. The van der Waals surface area contributed by atoms with E-state index in [0.717, 1.165) is 12.1 Å². The molecule has 1 aromatic carbocycles. The molecular formula is C13H8Cl2FNO3. The molecule has 2 rings (SSSR count). The van der Waals surface area contributed by atoms with Crippen LogP contribution in [0.15, 0.2) is 23.3 Å². The molecule has 0 N–H and O–H groups in total. The van der Waals surface area contributed by atoms with Crippen molar-refractivity contribution in [1.29, 1.82) is 0 Å². The number of halogens is 3. The van der Waals surface area contributed by atoms with Crippen LogP contribution in [0.4, 0.5) is 10.1 Å². The van der Waals surface area contributed by atoms with Gasteiger partial charge in [0.1, 0.15) is 5.82 Å². The van der Waals surface area contributed by atoms with Gasteiger partial charge in [0.2, 0.25) is 0 Å². The molecule has 1 aromatic rings. The van der Waals surface area contributed by atoms with Crippen molar-refractivity contribution in [3.8, 4) is 0 Å². The van der Waals surface area contributed by atoms with E-state index in [0.29, 0.717) is 4.90 Å². The molecule has 4 nitrogen and oxygen atoms in total. The first-order valence-corrected chi connectivity index (χ1v) is 6.26. The maximum Gasteiger partial charge on any atom is 0.261 e. The molecule has 0 bridgehead atoms. The Labute approximate surface area is 123 Å². The molecule has 0 aromatic heterocycles. The molecule has 0 fully saturated rings. The van der Waals surface area contributed by atoms with Crippen molar-refractivity contribution in [2.24, 2.45) is 0 Å². The van der Waals surface area contributed by atoms with Crippen LogP contribution in [0.5, 0.6) is 0 Å². The molecule has 0 unspecified atom stereocenters. The maximum absolute atomic E-state index is 13.9. The molecule has 0 spiro atoms. The molecule has 0 saturated carbocycles. The van der Waals surface area contributed by atoms with Crippen LogP contribution in [-0.2, 0) is 9.59 Å². The van der Waals surface area contributed by atoms with E-state index in [1.807, 2.05) is 0 Å². The lowest BCUT2D eigenvalue weighted by molar-refractivity contribution is -0.120. The van der Waals surface area contributed by atoms with Crippen molar-refractivity contribution in [3.63, 3.8) is 0 Å². The smallest absolute Gasteiger partial charge is 0.261 e. The first-order chi connectivity index (χ1) is 9.25. The van der Waals surface area contributed by atoms with E-state index in [4.69, 9.17) is 23.2 Å². The van der Waals surface area contributed by atoms with Crippen molar-refractivity contribution in [1.82, 2.24) is 0 Å². The van der Waals surface area contributed by atoms with E-state index in [9.17, 15) is 18.8 Å². The highest BCUT2D eigenvalue weighted by Crippen LogP contribution is 2.32. The van der Waals surface area contributed by atoms with Crippen molar-refractivity contribution in [2.45, 2.75) is 13.8 Å². The van der Waals surface area contributed by atoms with Gasteiger partial charge in [-0.25, -0.2) is 9.29 Å². The van der Waals surface area contributed by atoms with Crippen molar-refractivity contribution in [3.05, 3.63) is 39.7 Å². The number of benzene rings is 1. The Bertz CT molecular complexity index is 673. The van der Waals surface area contributed by atoms with Crippen LogP contribution in [0.25, 0.3) is 0 Å². The number of nitrogens with zero attached hydrogens (tertiary/aromatic N) is 1. The first kappa shape index (κ1) is 14.7. The summed E-state index contributed by atoms with van der Waals surface area (Å²) in [6.45, 7) is 2.94. The lowest BCUT2D eigenvalue weighted by atomic mass is 10.2. The summed E-state index contributed by atoms with van der Waals surface area (Å²) in [4.78, 5) is 35.8. The van der Waals surface area contributed by atoms with Gasteiger partial charge in [-0.1, -0.05) is 11.6 Å². The summed E-state index contributed by atoms with van der Waals surface area (Å²) in [7, 11) is 0. The summed E-state index contributed by atoms with van der Waals surface area (Å²) in [5.74, 6) is -2.16. The highest BCUT2D eigenvalue weighted by molar-refractivity contribution is 6.68. The van der Waals surface area contributed by atoms with Crippen LogP contribution in [0, 0.1) is 5.82 Å². The number of anilines is 1. The Kier molecular flexibility index (Phi) is 3.67. The monoisotopic (exact) mass is 315 g/mol. The Hall–Kier alpha value is -1.72. The Morgan fingerprint density at radius 2 is 1.65 bits per heavy atom. The van der Waals surface area contributed by atoms with E-state index in [1.54, 1.807) is 0 Å². The zero-order valence-electron chi connectivity index (χ0n) is 10.5. The van der Waals surface area contributed by atoms with E-state index in [2.05, 4.69) is 0 Å². The van der Waals surface area contributed by atoms with Crippen LogP contribution in [0.2, 0.25) is 5.02 Å². The molecule has 20 heavy (non-hydrogen) atoms. The topological polar surface area (TPSA) is 54.5 Å². The number of carbonyl (C=O) groups excluding carboxylic acids is 3. The minimum atomic E-state index is -0.906. The molecule has 1 aliphatic heterocycles. The molecule has 0 atom stereocenters.